The predicted octanol–water partition coefficient (Wildman–Crippen LogP) is 5.80. The lowest BCUT2D eigenvalue weighted by Gasteiger charge is -2.26. The van der Waals surface area contributed by atoms with E-state index in [0.29, 0.717) is 11.1 Å². The lowest BCUT2D eigenvalue weighted by Crippen LogP contribution is -2.23. The second-order valence-corrected chi connectivity index (χ2v) is 8.21. The van der Waals surface area contributed by atoms with Gasteiger partial charge in [-0.1, -0.05) is 71.1 Å². The molecule has 140 valence electrons. The number of tetrazole rings is 1. The van der Waals surface area contributed by atoms with E-state index in [4.69, 9.17) is 11.6 Å². The summed E-state index contributed by atoms with van der Waals surface area (Å²) in [7, 11) is 0. The minimum Gasteiger partial charge on any atom is -0.370 e. The molecule has 1 aliphatic carbocycles. The fraction of sp³-hybridized carbons (Fsp3) is 0.350. The molecule has 4 rings (SSSR count). The maximum Gasteiger partial charge on any atom is 0.178 e. The minimum absolute atomic E-state index is 0.185. The van der Waals surface area contributed by atoms with Gasteiger partial charge in [0.05, 0.1) is 16.8 Å². The number of nitrogens with one attached hydrogen (secondary N) is 1. The first-order chi connectivity index (χ1) is 13.2. The van der Waals surface area contributed by atoms with Gasteiger partial charge < -0.3 is 5.32 Å². The molecule has 1 N–H and O–H groups in total. The van der Waals surface area contributed by atoms with Crippen LogP contribution >= 0.6 is 27.5 Å². The zero-order valence-electron chi connectivity index (χ0n) is 14.9. The van der Waals surface area contributed by atoms with Crippen molar-refractivity contribution in [3.05, 3.63) is 69.4 Å². The molecule has 1 fully saturated rings. The Morgan fingerprint density at radius 2 is 1.78 bits per heavy atom. The van der Waals surface area contributed by atoms with Crippen molar-refractivity contribution in [2.24, 2.45) is 0 Å². The molecule has 7 heteroatoms. The highest BCUT2D eigenvalue weighted by Gasteiger charge is 2.26. The number of hydrogen-bond acceptors (Lipinski definition) is 4. The Hall–Kier alpha value is -1.92. The van der Waals surface area contributed by atoms with Crippen molar-refractivity contribution >= 4 is 33.2 Å². The molecule has 1 heterocycles. The van der Waals surface area contributed by atoms with Crippen molar-refractivity contribution in [1.82, 2.24) is 20.2 Å². The van der Waals surface area contributed by atoms with Crippen LogP contribution in [0, 0.1) is 0 Å². The fourth-order valence-electron chi connectivity index (χ4n) is 3.66. The Kier molecular flexibility index (Phi) is 5.74. The largest absolute Gasteiger partial charge is 0.370 e. The lowest BCUT2D eigenvalue weighted by molar-refractivity contribution is 0.315. The molecule has 0 amide bonds. The van der Waals surface area contributed by atoms with Crippen molar-refractivity contribution in [3.8, 4) is 0 Å². The van der Waals surface area contributed by atoms with E-state index in [1.165, 1.54) is 19.3 Å². The van der Waals surface area contributed by atoms with Crippen molar-refractivity contribution in [1.29, 1.82) is 0 Å². The zero-order valence-corrected chi connectivity index (χ0v) is 17.2. The van der Waals surface area contributed by atoms with Gasteiger partial charge in [0.15, 0.2) is 5.82 Å². The Labute approximate surface area is 172 Å². The third-order valence-corrected chi connectivity index (χ3v) is 5.93. The lowest BCUT2D eigenvalue weighted by atomic mass is 9.95. The van der Waals surface area contributed by atoms with E-state index in [1.54, 1.807) is 0 Å². The van der Waals surface area contributed by atoms with Gasteiger partial charge >= 0.3 is 0 Å². The molecule has 1 saturated carbocycles. The summed E-state index contributed by atoms with van der Waals surface area (Å²) in [5, 5.41) is 17.0. The summed E-state index contributed by atoms with van der Waals surface area (Å²) in [5.41, 5.74) is 1.95. The SMILES string of the molecule is Clc1ccccc1N[C@@H](c1ccc(Br)cc1)c1nnnn1C1CCCCC1. The monoisotopic (exact) mass is 445 g/mol. The van der Waals surface area contributed by atoms with Crippen LogP contribution in [-0.4, -0.2) is 20.2 Å². The second kappa shape index (κ2) is 8.40. The van der Waals surface area contributed by atoms with E-state index >= 15 is 0 Å². The number of rotatable bonds is 5. The highest BCUT2D eigenvalue weighted by Crippen LogP contribution is 2.33. The quantitative estimate of drug-likeness (QED) is 0.538. The molecule has 0 unspecified atom stereocenters. The fourth-order valence-corrected chi connectivity index (χ4v) is 4.12. The van der Waals surface area contributed by atoms with Gasteiger partial charge in [-0.3, -0.25) is 0 Å². The predicted molar refractivity (Wildman–Crippen MR) is 111 cm³/mol. The normalized spacial score (nSPS) is 16.2. The van der Waals surface area contributed by atoms with E-state index in [0.717, 1.165) is 34.4 Å². The van der Waals surface area contributed by atoms with Crippen LogP contribution in [0.25, 0.3) is 0 Å². The first-order valence-electron chi connectivity index (χ1n) is 9.26. The number of anilines is 1. The third-order valence-electron chi connectivity index (χ3n) is 5.07. The number of halogens is 2. The summed E-state index contributed by atoms with van der Waals surface area (Å²) < 4.78 is 3.05. The number of hydrogen-bond donors (Lipinski definition) is 1. The molecule has 1 aliphatic rings. The molecule has 2 aromatic carbocycles. The van der Waals surface area contributed by atoms with E-state index in [9.17, 15) is 0 Å². The molecular formula is C20H21BrClN5. The van der Waals surface area contributed by atoms with E-state index in [-0.39, 0.29) is 6.04 Å². The molecule has 1 aromatic heterocycles. The zero-order chi connectivity index (χ0) is 18.6. The van der Waals surface area contributed by atoms with Crippen molar-refractivity contribution in [2.45, 2.75) is 44.2 Å². The molecule has 0 radical (unpaired) electrons. The summed E-state index contributed by atoms with van der Waals surface area (Å²) in [5.74, 6) is 0.823. The van der Waals surface area contributed by atoms with Crippen LogP contribution in [0.5, 0.6) is 0 Å². The molecule has 0 spiro atoms. The van der Waals surface area contributed by atoms with Gasteiger partial charge in [-0.25, -0.2) is 4.68 Å². The average molecular weight is 447 g/mol. The van der Waals surface area contributed by atoms with Gasteiger partial charge in [0, 0.05) is 4.47 Å². The van der Waals surface area contributed by atoms with Gasteiger partial charge in [0.2, 0.25) is 0 Å². The minimum atomic E-state index is -0.185. The van der Waals surface area contributed by atoms with Crippen molar-refractivity contribution in [2.75, 3.05) is 5.32 Å². The van der Waals surface area contributed by atoms with Crippen LogP contribution in [0.3, 0.4) is 0 Å². The standard InChI is InChI=1S/C20H21BrClN5/c21-15-12-10-14(11-13-15)19(23-18-9-5-4-8-17(18)22)20-24-25-26-27(20)16-6-2-1-3-7-16/h4-5,8-13,16,19,23H,1-3,6-7H2/t19-/m0/s1. The maximum absolute atomic E-state index is 6.40. The first-order valence-corrected chi connectivity index (χ1v) is 10.4. The number of aromatic nitrogens is 4. The molecule has 5 nitrogen and oxygen atoms in total. The summed E-state index contributed by atoms with van der Waals surface area (Å²) in [6.45, 7) is 0. The average Bonchev–Trinajstić information content (AvgIpc) is 3.18. The second-order valence-electron chi connectivity index (χ2n) is 6.88. The highest BCUT2D eigenvalue weighted by atomic mass is 79.9. The third kappa shape index (κ3) is 4.17. The van der Waals surface area contributed by atoms with Crippen LogP contribution < -0.4 is 5.32 Å². The van der Waals surface area contributed by atoms with Crippen LogP contribution in [0.15, 0.2) is 53.0 Å². The van der Waals surface area contributed by atoms with Crippen molar-refractivity contribution < 1.29 is 0 Å². The Balaban J connectivity index is 1.73. The van der Waals surface area contributed by atoms with Crippen molar-refractivity contribution in [3.63, 3.8) is 0 Å². The Bertz CT molecular complexity index is 889. The van der Waals surface area contributed by atoms with Crippen LogP contribution in [-0.2, 0) is 0 Å². The van der Waals surface area contributed by atoms with Crippen LogP contribution in [0.1, 0.15) is 55.6 Å². The summed E-state index contributed by atoms with van der Waals surface area (Å²) in [4.78, 5) is 0. The first kappa shape index (κ1) is 18.4. The van der Waals surface area contributed by atoms with Gasteiger partial charge in [-0.15, -0.1) is 5.10 Å². The molecule has 0 bridgehead atoms. The number of para-hydroxylation sites is 1. The maximum atomic E-state index is 6.40. The summed E-state index contributed by atoms with van der Waals surface area (Å²) >= 11 is 9.91. The molecule has 0 aliphatic heterocycles. The Morgan fingerprint density at radius 1 is 1.04 bits per heavy atom. The van der Waals surface area contributed by atoms with Gasteiger partial charge in [-0.2, -0.15) is 0 Å². The summed E-state index contributed by atoms with van der Waals surface area (Å²) in [6.07, 6.45) is 5.99. The molecule has 3 aromatic rings. The van der Waals surface area contributed by atoms with Gasteiger partial charge in [0.25, 0.3) is 0 Å². The van der Waals surface area contributed by atoms with E-state index in [1.807, 2.05) is 41.1 Å². The highest BCUT2D eigenvalue weighted by molar-refractivity contribution is 9.10. The Morgan fingerprint density at radius 3 is 2.52 bits per heavy atom. The van der Waals surface area contributed by atoms with Gasteiger partial charge in [0.1, 0.15) is 6.04 Å². The van der Waals surface area contributed by atoms with Crippen LogP contribution in [0.4, 0.5) is 5.69 Å². The number of benzene rings is 2. The number of nitrogens with zero attached hydrogens (tertiary/aromatic N) is 4. The molecule has 1 atom stereocenters. The summed E-state index contributed by atoms with van der Waals surface area (Å²) in [6, 6.07) is 16.2. The topological polar surface area (TPSA) is 55.6 Å². The van der Waals surface area contributed by atoms with E-state index in [2.05, 4.69) is 48.9 Å². The molecule has 27 heavy (non-hydrogen) atoms. The van der Waals surface area contributed by atoms with E-state index < -0.39 is 0 Å². The molecular weight excluding hydrogens is 426 g/mol. The molecule has 0 saturated heterocycles. The smallest absolute Gasteiger partial charge is 0.178 e. The van der Waals surface area contributed by atoms with Crippen LogP contribution in [0.2, 0.25) is 5.02 Å². The van der Waals surface area contributed by atoms with Gasteiger partial charge in [-0.05, 0) is 53.1 Å².